The van der Waals surface area contributed by atoms with Gasteiger partial charge in [0.1, 0.15) is 0 Å². The molecule has 0 radical (unpaired) electrons. The molecule has 16 heavy (non-hydrogen) atoms. The van der Waals surface area contributed by atoms with Crippen LogP contribution in [0.25, 0.3) is 0 Å². The minimum atomic E-state index is -0.782. The highest BCUT2D eigenvalue weighted by atomic mass is 16.4. The molecular formula is C11H20N2O3. The summed E-state index contributed by atoms with van der Waals surface area (Å²) >= 11 is 0. The molecule has 2 N–H and O–H groups in total. The highest BCUT2D eigenvalue weighted by Crippen LogP contribution is 2.20. The molecule has 0 aromatic heterocycles. The molecule has 92 valence electrons. The van der Waals surface area contributed by atoms with E-state index in [0.717, 1.165) is 19.5 Å². The van der Waals surface area contributed by atoms with Crippen LogP contribution in [-0.2, 0) is 9.59 Å². The van der Waals surface area contributed by atoms with Gasteiger partial charge in [0.05, 0.1) is 5.41 Å². The van der Waals surface area contributed by atoms with Gasteiger partial charge in [-0.3, -0.25) is 9.59 Å². The normalized spacial score (nSPS) is 22.1. The molecule has 1 unspecified atom stereocenters. The van der Waals surface area contributed by atoms with Crippen molar-refractivity contribution >= 4 is 11.9 Å². The Hall–Kier alpha value is -1.10. The van der Waals surface area contributed by atoms with Gasteiger partial charge >= 0.3 is 5.97 Å². The Kier molecular flexibility index (Phi) is 3.91. The van der Waals surface area contributed by atoms with Gasteiger partial charge in [-0.25, -0.2) is 0 Å². The van der Waals surface area contributed by atoms with Crippen molar-refractivity contribution in [2.24, 2.45) is 5.41 Å². The molecule has 5 heteroatoms. The first-order chi connectivity index (χ1) is 7.31. The molecule has 1 saturated heterocycles. The lowest BCUT2D eigenvalue weighted by atomic mass is 9.93. The smallest absolute Gasteiger partial charge is 0.310 e. The van der Waals surface area contributed by atoms with Crippen LogP contribution in [0.2, 0.25) is 0 Å². The summed E-state index contributed by atoms with van der Waals surface area (Å²) in [6, 6.07) is 0.169. The van der Waals surface area contributed by atoms with Crippen LogP contribution in [0.5, 0.6) is 0 Å². The standard InChI is InChI=1S/C11H20N2O3/c1-8(14)12-9-4-5-13(6-9)7-11(2,3)10(15)16/h9H,4-7H2,1-3H3,(H,12,14)(H,15,16). The number of carboxylic acid groups (broad SMARTS) is 1. The van der Waals surface area contributed by atoms with Gasteiger partial charge in [-0.05, 0) is 20.3 Å². The van der Waals surface area contributed by atoms with Crippen LogP contribution in [0.1, 0.15) is 27.2 Å². The third-order valence-corrected chi connectivity index (χ3v) is 2.88. The second-order valence-electron chi connectivity index (χ2n) is 5.11. The number of amides is 1. The molecule has 1 heterocycles. The van der Waals surface area contributed by atoms with E-state index in [4.69, 9.17) is 5.11 Å². The number of nitrogens with one attached hydrogen (secondary N) is 1. The van der Waals surface area contributed by atoms with Gasteiger partial charge in [-0.15, -0.1) is 0 Å². The summed E-state index contributed by atoms with van der Waals surface area (Å²) < 4.78 is 0. The molecule has 1 rings (SSSR count). The molecule has 0 aromatic carbocycles. The van der Waals surface area contributed by atoms with Crippen molar-refractivity contribution in [1.82, 2.24) is 10.2 Å². The minimum absolute atomic E-state index is 0.0238. The predicted octanol–water partition coefficient (Wildman–Crippen LogP) is 0.308. The maximum atomic E-state index is 11.0. The number of hydrogen-bond donors (Lipinski definition) is 2. The Labute approximate surface area is 95.8 Å². The fraction of sp³-hybridized carbons (Fsp3) is 0.818. The molecule has 5 nitrogen and oxygen atoms in total. The van der Waals surface area contributed by atoms with E-state index in [9.17, 15) is 9.59 Å². The van der Waals surface area contributed by atoms with Crippen molar-refractivity contribution in [3.05, 3.63) is 0 Å². The van der Waals surface area contributed by atoms with Gasteiger partial charge in [-0.2, -0.15) is 0 Å². The van der Waals surface area contributed by atoms with E-state index in [-0.39, 0.29) is 11.9 Å². The van der Waals surface area contributed by atoms with Crippen molar-refractivity contribution < 1.29 is 14.7 Å². The number of likely N-dealkylation sites (tertiary alicyclic amines) is 1. The van der Waals surface area contributed by atoms with Crippen molar-refractivity contribution in [2.75, 3.05) is 19.6 Å². The average Bonchev–Trinajstić information content (AvgIpc) is 2.50. The van der Waals surface area contributed by atoms with Crippen LogP contribution in [-0.4, -0.2) is 47.6 Å². The third-order valence-electron chi connectivity index (χ3n) is 2.88. The number of rotatable bonds is 4. The Morgan fingerprint density at radius 2 is 2.12 bits per heavy atom. The molecule has 0 spiro atoms. The molecule has 1 aliphatic rings. The number of aliphatic carboxylic acids is 1. The quantitative estimate of drug-likeness (QED) is 0.726. The molecule has 1 aliphatic heterocycles. The molecule has 1 fully saturated rings. The fourth-order valence-electron chi connectivity index (χ4n) is 2.01. The Morgan fingerprint density at radius 3 is 2.62 bits per heavy atom. The predicted molar refractivity (Wildman–Crippen MR) is 60.1 cm³/mol. The average molecular weight is 228 g/mol. The minimum Gasteiger partial charge on any atom is -0.481 e. The van der Waals surface area contributed by atoms with Gasteiger partial charge in [0.2, 0.25) is 5.91 Å². The summed E-state index contributed by atoms with van der Waals surface area (Å²) in [7, 11) is 0. The number of nitrogens with zero attached hydrogens (tertiary/aromatic N) is 1. The van der Waals surface area contributed by atoms with Gasteiger partial charge < -0.3 is 15.3 Å². The summed E-state index contributed by atoms with van der Waals surface area (Å²) in [6.07, 6.45) is 0.898. The first-order valence-electron chi connectivity index (χ1n) is 5.54. The largest absolute Gasteiger partial charge is 0.481 e. The fourth-order valence-corrected chi connectivity index (χ4v) is 2.01. The summed E-state index contributed by atoms with van der Waals surface area (Å²) in [5.74, 6) is -0.806. The van der Waals surface area contributed by atoms with Crippen molar-refractivity contribution in [2.45, 2.75) is 33.2 Å². The summed E-state index contributed by atoms with van der Waals surface area (Å²) in [4.78, 5) is 23.9. The summed E-state index contributed by atoms with van der Waals surface area (Å²) in [5, 5.41) is 11.9. The highest BCUT2D eigenvalue weighted by molar-refractivity contribution is 5.74. The molecule has 1 atom stereocenters. The van der Waals surface area contributed by atoms with E-state index in [1.165, 1.54) is 6.92 Å². The number of carbonyl (C=O) groups is 2. The lowest BCUT2D eigenvalue weighted by molar-refractivity contribution is -0.147. The SMILES string of the molecule is CC(=O)NC1CCN(CC(C)(C)C(=O)O)C1. The van der Waals surface area contributed by atoms with Gasteiger partial charge in [0.15, 0.2) is 0 Å². The van der Waals surface area contributed by atoms with Gasteiger partial charge in [0.25, 0.3) is 0 Å². The highest BCUT2D eigenvalue weighted by Gasteiger charge is 2.33. The zero-order valence-corrected chi connectivity index (χ0v) is 10.1. The van der Waals surface area contributed by atoms with Crippen LogP contribution in [0, 0.1) is 5.41 Å². The van der Waals surface area contributed by atoms with Crippen LogP contribution < -0.4 is 5.32 Å². The van der Waals surface area contributed by atoms with Crippen LogP contribution in [0.4, 0.5) is 0 Å². The Morgan fingerprint density at radius 1 is 1.50 bits per heavy atom. The van der Waals surface area contributed by atoms with Gasteiger partial charge in [0, 0.05) is 32.6 Å². The molecule has 0 aromatic rings. The molecule has 0 aliphatic carbocycles. The maximum absolute atomic E-state index is 11.0. The second kappa shape index (κ2) is 4.82. The van der Waals surface area contributed by atoms with E-state index in [1.54, 1.807) is 13.8 Å². The van der Waals surface area contributed by atoms with E-state index in [1.807, 2.05) is 0 Å². The third kappa shape index (κ3) is 3.48. The van der Waals surface area contributed by atoms with Crippen molar-refractivity contribution in [3.63, 3.8) is 0 Å². The van der Waals surface area contributed by atoms with E-state index in [2.05, 4.69) is 10.2 Å². The topological polar surface area (TPSA) is 69.6 Å². The monoisotopic (exact) mass is 228 g/mol. The lowest BCUT2D eigenvalue weighted by Gasteiger charge is -2.26. The van der Waals surface area contributed by atoms with E-state index >= 15 is 0 Å². The zero-order valence-electron chi connectivity index (χ0n) is 10.1. The van der Waals surface area contributed by atoms with E-state index in [0.29, 0.717) is 6.54 Å². The summed E-state index contributed by atoms with van der Waals surface area (Å²) in [6.45, 7) is 7.07. The Balaban J connectivity index is 2.42. The number of hydrogen-bond acceptors (Lipinski definition) is 3. The lowest BCUT2D eigenvalue weighted by Crippen LogP contribution is -2.40. The molecular weight excluding hydrogens is 208 g/mol. The van der Waals surface area contributed by atoms with Crippen LogP contribution in [0.15, 0.2) is 0 Å². The van der Waals surface area contributed by atoms with Gasteiger partial charge in [-0.1, -0.05) is 0 Å². The Bertz CT molecular complexity index is 289. The first kappa shape index (κ1) is 13.0. The second-order valence-corrected chi connectivity index (χ2v) is 5.11. The number of carbonyl (C=O) groups excluding carboxylic acids is 1. The van der Waals surface area contributed by atoms with Crippen molar-refractivity contribution in [1.29, 1.82) is 0 Å². The first-order valence-corrected chi connectivity index (χ1v) is 5.54. The van der Waals surface area contributed by atoms with Crippen molar-refractivity contribution in [3.8, 4) is 0 Å². The molecule has 0 saturated carbocycles. The van der Waals surface area contributed by atoms with Crippen LogP contribution >= 0.6 is 0 Å². The maximum Gasteiger partial charge on any atom is 0.310 e. The molecule has 0 bridgehead atoms. The summed E-state index contributed by atoms with van der Waals surface area (Å²) in [5.41, 5.74) is -0.731. The molecule has 1 amide bonds. The number of carboxylic acids is 1. The van der Waals surface area contributed by atoms with Crippen LogP contribution in [0.3, 0.4) is 0 Å². The van der Waals surface area contributed by atoms with E-state index < -0.39 is 11.4 Å². The zero-order chi connectivity index (χ0) is 12.3.